The van der Waals surface area contributed by atoms with Crippen molar-refractivity contribution in [2.24, 2.45) is 0 Å². The third kappa shape index (κ3) is 4.33. The first kappa shape index (κ1) is 18.6. The molecule has 7 nitrogen and oxygen atoms in total. The summed E-state index contributed by atoms with van der Waals surface area (Å²) in [5.41, 5.74) is -0.646. The lowest BCUT2D eigenvalue weighted by atomic mass is 10.1. The van der Waals surface area contributed by atoms with Crippen LogP contribution >= 0.6 is 0 Å². The van der Waals surface area contributed by atoms with Gasteiger partial charge in [0.25, 0.3) is 5.91 Å². The predicted octanol–water partition coefficient (Wildman–Crippen LogP) is 3.42. The Balaban J connectivity index is 1.91. The number of nitrogens with zero attached hydrogens (tertiary/aromatic N) is 4. The molecule has 0 unspecified atom stereocenters. The van der Waals surface area contributed by atoms with Gasteiger partial charge < -0.3 is 10.6 Å². The van der Waals surface area contributed by atoms with Crippen LogP contribution in [0.5, 0.6) is 0 Å². The molecule has 0 aliphatic carbocycles. The van der Waals surface area contributed by atoms with E-state index in [9.17, 15) is 18.0 Å². The van der Waals surface area contributed by atoms with Gasteiger partial charge in [-0.15, -0.1) is 0 Å². The van der Waals surface area contributed by atoms with E-state index in [0.717, 1.165) is 12.3 Å². The van der Waals surface area contributed by atoms with Gasteiger partial charge in [-0.3, -0.25) is 9.78 Å². The lowest BCUT2D eigenvalue weighted by Gasteiger charge is -2.19. The maximum Gasteiger partial charge on any atom is 0.417 e. The summed E-state index contributed by atoms with van der Waals surface area (Å²) in [5, 5.41) is 9.65. The van der Waals surface area contributed by atoms with Crippen molar-refractivity contribution in [1.29, 1.82) is 0 Å². The van der Waals surface area contributed by atoms with Crippen LogP contribution in [0.25, 0.3) is 5.65 Å². The van der Waals surface area contributed by atoms with Gasteiger partial charge >= 0.3 is 6.18 Å². The fourth-order valence-corrected chi connectivity index (χ4v) is 2.32. The highest BCUT2D eigenvalue weighted by molar-refractivity contribution is 6.00. The van der Waals surface area contributed by atoms with Gasteiger partial charge in [0.15, 0.2) is 5.65 Å². The minimum Gasteiger partial charge on any atom is -0.347 e. The summed E-state index contributed by atoms with van der Waals surface area (Å²) < 4.78 is 39.8. The molecular formula is C17H17F3N6O. The van der Waals surface area contributed by atoms with Crippen molar-refractivity contribution < 1.29 is 18.0 Å². The van der Waals surface area contributed by atoms with Crippen LogP contribution in [0.15, 0.2) is 36.9 Å². The largest absolute Gasteiger partial charge is 0.417 e. The molecule has 10 heteroatoms. The Bertz CT molecular complexity index is 990. The second kappa shape index (κ2) is 6.53. The number of rotatable bonds is 3. The zero-order valence-electron chi connectivity index (χ0n) is 14.8. The van der Waals surface area contributed by atoms with Crippen LogP contribution < -0.4 is 10.6 Å². The molecule has 0 bridgehead atoms. The molecular weight excluding hydrogens is 361 g/mol. The van der Waals surface area contributed by atoms with Gasteiger partial charge in [-0.25, -0.2) is 9.50 Å². The van der Waals surface area contributed by atoms with E-state index in [1.54, 1.807) is 6.20 Å². The monoisotopic (exact) mass is 378 g/mol. The molecule has 0 fully saturated rings. The molecule has 3 aromatic heterocycles. The Morgan fingerprint density at radius 1 is 1.15 bits per heavy atom. The van der Waals surface area contributed by atoms with E-state index < -0.39 is 17.3 Å². The van der Waals surface area contributed by atoms with Crippen LogP contribution in [-0.2, 0) is 6.18 Å². The van der Waals surface area contributed by atoms with Crippen molar-refractivity contribution in [2.45, 2.75) is 32.5 Å². The molecule has 0 radical (unpaired) electrons. The summed E-state index contributed by atoms with van der Waals surface area (Å²) in [6.07, 6.45) is 0.447. The molecule has 0 aromatic carbocycles. The summed E-state index contributed by atoms with van der Waals surface area (Å²) >= 11 is 0. The predicted molar refractivity (Wildman–Crippen MR) is 92.7 cm³/mol. The van der Waals surface area contributed by atoms with Crippen LogP contribution in [0.1, 0.15) is 36.7 Å². The van der Waals surface area contributed by atoms with Crippen LogP contribution in [0.3, 0.4) is 0 Å². The summed E-state index contributed by atoms with van der Waals surface area (Å²) in [6, 6.07) is 2.47. The number of carbonyl (C=O) groups is 1. The first-order valence-electron chi connectivity index (χ1n) is 7.99. The lowest BCUT2D eigenvalue weighted by Crippen LogP contribution is -2.40. The van der Waals surface area contributed by atoms with Crippen molar-refractivity contribution >= 4 is 23.1 Å². The second-order valence-corrected chi connectivity index (χ2v) is 6.93. The number of halogens is 3. The average molecular weight is 378 g/mol. The number of alkyl halides is 3. The third-order valence-corrected chi connectivity index (χ3v) is 3.44. The van der Waals surface area contributed by atoms with E-state index in [0.29, 0.717) is 0 Å². The number of aromatic nitrogens is 4. The molecule has 27 heavy (non-hydrogen) atoms. The average Bonchev–Trinajstić information content (AvgIpc) is 2.96. The van der Waals surface area contributed by atoms with Crippen LogP contribution in [0.2, 0.25) is 0 Å². The molecule has 0 saturated heterocycles. The van der Waals surface area contributed by atoms with Crippen molar-refractivity contribution in [3.63, 3.8) is 0 Å². The molecule has 0 spiro atoms. The minimum absolute atomic E-state index is 0.127. The maximum absolute atomic E-state index is 12.8. The Kier molecular flexibility index (Phi) is 4.50. The summed E-state index contributed by atoms with van der Waals surface area (Å²) in [7, 11) is 0. The fourth-order valence-electron chi connectivity index (χ4n) is 2.32. The van der Waals surface area contributed by atoms with Crippen LogP contribution in [-0.4, -0.2) is 31.0 Å². The molecule has 0 aliphatic heterocycles. The Hall–Kier alpha value is -3.17. The zero-order valence-corrected chi connectivity index (χ0v) is 14.8. The molecule has 0 aliphatic rings. The normalized spacial score (nSPS) is 12.2. The first-order chi connectivity index (χ1) is 12.5. The van der Waals surface area contributed by atoms with Crippen molar-refractivity contribution in [3.05, 3.63) is 48.0 Å². The number of hydrogen-bond acceptors (Lipinski definition) is 5. The summed E-state index contributed by atoms with van der Waals surface area (Å²) in [6.45, 7) is 5.53. The van der Waals surface area contributed by atoms with Crippen LogP contribution in [0.4, 0.5) is 24.7 Å². The number of amides is 1. The van der Waals surface area contributed by atoms with E-state index in [2.05, 4.69) is 25.7 Å². The van der Waals surface area contributed by atoms with E-state index in [4.69, 9.17) is 0 Å². The zero-order chi connectivity index (χ0) is 19.8. The van der Waals surface area contributed by atoms with Gasteiger partial charge in [0, 0.05) is 17.9 Å². The van der Waals surface area contributed by atoms with Crippen molar-refractivity contribution in [3.8, 4) is 0 Å². The second-order valence-electron chi connectivity index (χ2n) is 6.93. The summed E-state index contributed by atoms with van der Waals surface area (Å²) in [5.74, 6) is -0.0863. The minimum atomic E-state index is -4.49. The molecule has 2 N–H and O–H groups in total. The number of fused-ring (bicyclic) bond motifs is 1. The first-order valence-corrected chi connectivity index (χ1v) is 7.99. The van der Waals surface area contributed by atoms with Crippen molar-refractivity contribution in [1.82, 2.24) is 24.9 Å². The maximum atomic E-state index is 12.8. The number of anilines is 2. The Morgan fingerprint density at radius 2 is 1.89 bits per heavy atom. The molecule has 3 heterocycles. The van der Waals surface area contributed by atoms with E-state index >= 15 is 0 Å². The number of carbonyl (C=O) groups excluding carboxylic acids is 1. The molecule has 142 valence electrons. The fraction of sp³-hybridized carbons (Fsp3) is 0.294. The third-order valence-electron chi connectivity index (χ3n) is 3.44. The van der Waals surface area contributed by atoms with E-state index in [1.165, 1.54) is 23.0 Å². The number of hydrogen-bond donors (Lipinski definition) is 2. The standard InChI is InChI=1S/C17H17F3N6O/c1-16(2,3)25-15(27)12-9-22-26-5-4-13(24-14(12)26)23-11-6-10(7-21-8-11)17(18,19)20/h4-9H,1-3H3,(H,23,24)(H,25,27). The van der Waals surface area contributed by atoms with Gasteiger partial charge in [-0.2, -0.15) is 18.3 Å². The SMILES string of the molecule is CC(C)(C)NC(=O)c1cnn2ccc(Nc3cncc(C(F)(F)F)c3)nc12. The van der Waals surface area contributed by atoms with Crippen LogP contribution in [0, 0.1) is 0 Å². The highest BCUT2D eigenvalue weighted by Gasteiger charge is 2.31. The smallest absolute Gasteiger partial charge is 0.347 e. The highest BCUT2D eigenvalue weighted by Crippen LogP contribution is 2.30. The topological polar surface area (TPSA) is 84.2 Å². The molecule has 3 aromatic rings. The highest BCUT2D eigenvalue weighted by atomic mass is 19.4. The van der Waals surface area contributed by atoms with E-state index in [-0.39, 0.29) is 28.6 Å². The Morgan fingerprint density at radius 3 is 2.56 bits per heavy atom. The number of pyridine rings is 1. The Labute approximate surface area is 152 Å². The van der Waals surface area contributed by atoms with Gasteiger partial charge in [0.2, 0.25) is 0 Å². The quantitative estimate of drug-likeness (QED) is 0.730. The molecule has 0 atom stereocenters. The van der Waals surface area contributed by atoms with Gasteiger partial charge in [-0.05, 0) is 32.9 Å². The van der Waals surface area contributed by atoms with Gasteiger partial charge in [0.1, 0.15) is 11.4 Å². The van der Waals surface area contributed by atoms with E-state index in [1.807, 2.05) is 20.8 Å². The lowest BCUT2D eigenvalue weighted by molar-refractivity contribution is -0.137. The number of nitrogens with one attached hydrogen (secondary N) is 2. The van der Waals surface area contributed by atoms with Gasteiger partial charge in [0.05, 0.1) is 23.6 Å². The molecule has 1 amide bonds. The van der Waals surface area contributed by atoms with Gasteiger partial charge in [-0.1, -0.05) is 0 Å². The molecule has 0 saturated carbocycles. The van der Waals surface area contributed by atoms with Crippen molar-refractivity contribution in [2.75, 3.05) is 5.32 Å². The summed E-state index contributed by atoms with van der Waals surface area (Å²) in [4.78, 5) is 20.3. The molecule has 3 rings (SSSR count).